The van der Waals surface area contributed by atoms with Crippen LogP contribution in [0.5, 0.6) is 0 Å². The first-order chi connectivity index (χ1) is 9.90. The lowest BCUT2D eigenvalue weighted by atomic mass is 10.1. The van der Waals surface area contributed by atoms with Crippen molar-refractivity contribution in [2.24, 2.45) is 0 Å². The van der Waals surface area contributed by atoms with E-state index in [-0.39, 0.29) is 17.9 Å². The Morgan fingerprint density at radius 1 is 1.24 bits per heavy atom. The highest BCUT2D eigenvalue weighted by Gasteiger charge is 2.17. The van der Waals surface area contributed by atoms with Gasteiger partial charge >= 0.3 is 5.97 Å². The summed E-state index contributed by atoms with van der Waals surface area (Å²) in [6.45, 7) is 3.40. The number of anilines is 1. The van der Waals surface area contributed by atoms with E-state index in [1.54, 1.807) is 13.8 Å². The lowest BCUT2D eigenvalue weighted by Crippen LogP contribution is -2.13. The first kappa shape index (κ1) is 14.8. The minimum absolute atomic E-state index is 0.0186. The van der Waals surface area contributed by atoms with Gasteiger partial charge in [-0.25, -0.2) is 13.6 Å². The van der Waals surface area contributed by atoms with Crippen molar-refractivity contribution < 1.29 is 18.7 Å². The number of hydrogen-bond acceptors (Lipinski definition) is 4. The van der Waals surface area contributed by atoms with Crippen LogP contribution >= 0.6 is 0 Å². The van der Waals surface area contributed by atoms with Crippen molar-refractivity contribution in [1.82, 2.24) is 10.2 Å². The smallest absolute Gasteiger partial charge is 0.339 e. The number of halogens is 2. The molecule has 0 aliphatic heterocycles. The summed E-state index contributed by atoms with van der Waals surface area (Å²) >= 11 is 0. The van der Waals surface area contributed by atoms with Crippen molar-refractivity contribution in [1.29, 1.82) is 0 Å². The largest absolute Gasteiger partial charge is 0.478 e. The second-order valence-corrected chi connectivity index (χ2v) is 4.54. The molecule has 0 fully saturated rings. The van der Waals surface area contributed by atoms with Gasteiger partial charge in [-0.1, -0.05) is 6.07 Å². The third-order valence-corrected chi connectivity index (χ3v) is 3.11. The molecule has 0 aliphatic carbocycles. The van der Waals surface area contributed by atoms with Crippen molar-refractivity contribution in [3.8, 4) is 0 Å². The molecule has 0 unspecified atom stereocenters. The summed E-state index contributed by atoms with van der Waals surface area (Å²) in [5.74, 6) is -2.93. The highest BCUT2D eigenvalue weighted by atomic mass is 19.2. The molecule has 0 amide bonds. The normalized spacial score (nSPS) is 10.5. The number of aromatic carboxylic acids is 1. The zero-order valence-corrected chi connectivity index (χ0v) is 11.4. The molecule has 0 saturated carbocycles. The molecule has 1 heterocycles. The van der Waals surface area contributed by atoms with Crippen LogP contribution in [-0.2, 0) is 6.54 Å². The number of benzene rings is 1. The fourth-order valence-corrected chi connectivity index (χ4v) is 1.83. The molecular weight excluding hydrogens is 280 g/mol. The number of carboxylic acids is 1. The number of carboxylic acid groups (broad SMARTS) is 1. The summed E-state index contributed by atoms with van der Waals surface area (Å²) in [6, 6.07) is 3.45. The zero-order chi connectivity index (χ0) is 15.6. The summed E-state index contributed by atoms with van der Waals surface area (Å²) in [5, 5.41) is 19.7. The predicted molar refractivity (Wildman–Crippen MR) is 72.2 cm³/mol. The van der Waals surface area contributed by atoms with Gasteiger partial charge < -0.3 is 10.4 Å². The summed E-state index contributed by atoms with van der Waals surface area (Å²) in [5.41, 5.74) is 1.51. The summed E-state index contributed by atoms with van der Waals surface area (Å²) in [4.78, 5) is 11.3. The number of aryl methyl sites for hydroxylation is 1. The number of rotatable bonds is 4. The van der Waals surface area contributed by atoms with Crippen molar-refractivity contribution in [2.45, 2.75) is 20.4 Å². The van der Waals surface area contributed by atoms with Crippen molar-refractivity contribution in [3.63, 3.8) is 0 Å². The fraction of sp³-hybridized carbons (Fsp3) is 0.214. The minimum Gasteiger partial charge on any atom is -0.478 e. The van der Waals surface area contributed by atoms with E-state index in [0.29, 0.717) is 16.8 Å². The molecule has 1 aromatic heterocycles. The Morgan fingerprint density at radius 2 is 1.95 bits per heavy atom. The van der Waals surface area contributed by atoms with Gasteiger partial charge in [0.15, 0.2) is 17.5 Å². The second-order valence-electron chi connectivity index (χ2n) is 4.54. The lowest BCUT2D eigenvalue weighted by Gasteiger charge is -2.11. The molecule has 0 bridgehead atoms. The molecule has 5 nitrogen and oxygen atoms in total. The summed E-state index contributed by atoms with van der Waals surface area (Å²) in [7, 11) is 0. The third-order valence-electron chi connectivity index (χ3n) is 3.11. The van der Waals surface area contributed by atoms with Gasteiger partial charge in [0.05, 0.1) is 5.69 Å². The Bertz CT molecular complexity index is 705. The summed E-state index contributed by atoms with van der Waals surface area (Å²) in [6.07, 6.45) is 0. The SMILES string of the molecule is Cc1nnc(NCc2ccc(F)c(F)c2)c(C(=O)O)c1C. The van der Waals surface area contributed by atoms with Gasteiger partial charge in [0.25, 0.3) is 0 Å². The zero-order valence-electron chi connectivity index (χ0n) is 11.4. The van der Waals surface area contributed by atoms with E-state index in [2.05, 4.69) is 15.5 Å². The van der Waals surface area contributed by atoms with Gasteiger partial charge in [-0.2, -0.15) is 5.10 Å². The van der Waals surface area contributed by atoms with Crippen LogP contribution in [0, 0.1) is 25.5 Å². The molecule has 21 heavy (non-hydrogen) atoms. The second kappa shape index (κ2) is 5.82. The number of nitrogens with zero attached hydrogens (tertiary/aromatic N) is 2. The Morgan fingerprint density at radius 3 is 2.57 bits per heavy atom. The van der Waals surface area contributed by atoms with Crippen LogP contribution in [-0.4, -0.2) is 21.3 Å². The minimum atomic E-state index is -1.13. The van der Waals surface area contributed by atoms with Crippen LogP contribution in [0.3, 0.4) is 0 Å². The van der Waals surface area contributed by atoms with Crippen LogP contribution in [0.25, 0.3) is 0 Å². The Labute approximate surface area is 119 Å². The molecule has 1 aromatic carbocycles. The quantitative estimate of drug-likeness (QED) is 0.906. The molecule has 2 N–H and O–H groups in total. The molecule has 0 atom stereocenters. The van der Waals surface area contributed by atoms with Crippen LogP contribution in [0.1, 0.15) is 27.2 Å². The molecule has 0 spiro atoms. The van der Waals surface area contributed by atoms with Crippen molar-refractivity contribution in [2.75, 3.05) is 5.32 Å². The Balaban J connectivity index is 2.26. The van der Waals surface area contributed by atoms with Gasteiger partial charge in [0, 0.05) is 6.54 Å². The first-order valence-electron chi connectivity index (χ1n) is 6.15. The number of carbonyl (C=O) groups is 1. The molecular formula is C14H13F2N3O2. The standard InChI is InChI=1S/C14H13F2N3O2/c1-7-8(2)18-19-13(12(7)14(20)21)17-6-9-3-4-10(15)11(16)5-9/h3-5H,6H2,1-2H3,(H,17,19)(H,20,21). The van der Waals surface area contributed by atoms with Crippen LogP contribution < -0.4 is 5.32 Å². The highest BCUT2D eigenvalue weighted by Crippen LogP contribution is 2.19. The molecule has 7 heteroatoms. The maximum atomic E-state index is 13.1. The van der Waals surface area contributed by atoms with Crippen LogP contribution in [0.2, 0.25) is 0 Å². The van der Waals surface area contributed by atoms with Crippen LogP contribution in [0.15, 0.2) is 18.2 Å². The maximum absolute atomic E-state index is 13.1. The molecule has 2 rings (SSSR count). The van der Waals surface area contributed by atoms with E-state index in [9.17, 15) is 18.7 Å². The molecule has 2 aromatic rings. The van der Waals surface area contributed by atoms with Gasteiger partial charge in [-0.3, -0.25) is 0 Å². The van der Waals surface area contributed by atoms with E-state index in [4.69, 9.17) is 0 Å². The van der Waals surface area contributed by atoms with E-state index in [0.717, 1.165) is 12.1 Å². The van der Waals surface area contributed by atoms with Gasteiger partial charge in [0.2, 0.25) is 0 Å². The number of hydrogen-bond donors (Lipinski definition) is 2. The lowest BCUT2D eigenvalue weighted by molar-refractivity contribution is 0.0696. The maximum Gasteiger partial charge on any atom is 0.339 e. The number of nitrogens with one attached hydrogen (secondary N) is 1. The molecule has 0 aliphatic rings. The topological polar surface area (TPSA) is 75.1 Å². The van der Waals surface area contributed by atoms with Crippen molar-refractivity contribution in [3.05, 3.63) is 52.2 Å². The van der Waals surface area contributed by atoms with Gasteiger partial charge in [-0.15, -0.1) is 5.10 Å². The van der Waals surface area contributed by atoms with E-state index >= 15 is 0 Å². The highest BCUT2D eigenvalue weighted by molar-refractivity contribution is 5.94. The molecule has 110 valence electrons. The Hall–Kier alpha value is -2.57. The average molecular weight is 293 g/mol. The van der Waals surface area contributed by atoms with E-state index in [1.807, 2.05) is 0 Å². The first-order valence-corrected chi connectivity index (χ1v) is 6.15. The molecule has 0 radical (unpaired) electrons. The van der Waals surface area contributed by atoms with Crippen molar-refractivity contribution >= 4 is 11.8 Å². The van der Waals surface area contributed by atoms with Crippen LogP contribution in [0.4, 0.5) is 14.6 Å². The average Bonchev–Trinajstić information content (AvgIpc) is 2.43. The van der Waals surface area contributed by atoms with E-state index in [1.165, 1.54) is 6.07 Å². The number of aromatic nitrogens is 2. The monoisotopic (exact) mass is 293 g/mol. The predicted octanol–water partition coefficient (Wildman–Crippen LogP) is 2.68. The fourth-order valence-electron chi connectivity index (χ4n) is 1.83. The van der Waals surface area contributed by atoms with Gasteiger partial charge in [0.1, 0.15) is 5.56 Å². The summed E-state index contributed by atoms with van der Waals surface area (Å²) < 4.78 is 25.9. The van der Waals surface area contributed by atoms with Gasteiger partial charge in [-0.05, 0) is 37.1 Å². The molecule has 0 saturated heterocycles. The third kappa shape index (κ3) is 3.13. The Kier molecular flexibility index (Phi) is 4.11. The van der Waals surface area contributed by atoms with E-state index < -0.39 is 17.6 Å².